The molecule has 0 unspecified atom stereocenters. The number of carbonyl (C=O) groups is 1. The van der Waals surface area contributed by atoms with Crippen molar-refractivity contribution < 1.29 is 9.42 Å². The Bertz CT molecular complexity index is 795. The van der Waals surface area contributed by atoms with Gasteiger partial charge in [-0.3, -0.25) is 9.78 Å². The highest BCUT2D eigenvalue weighted by Crippen LogP contribution is 2.21. The van der Waals surface area contributed by atoms with Crippen molar-refractivity contribution in [1.82, 2.24) is 15.3 Å². The second-order valence-electron chi connectivity index (χ2n) is 4.49. The minimum atomic E-state index is -0.243. The van der Waals surface area contributed by atoms with Crippen molar-refractivity contribution in [3.8, 4) is 0 Å². The molecule has 6 heteroatoms. The Morgan fingerprint density at radius 2 is 2.05 bits per heavy atom. The lowest BCUT2D eigenvalue weighted by Crippen LogP contribution is -2.14. The van der Waals surface area contributed by atoms with Gasteiger partial charge in [-0.25, -0.2) is 4.63 Å². The van der Waals surface area contributed by atoms with Gasteiger partial charge < -0.3 is 5.32 Å². The number of amides is 1. The van der Waals surface area contributed by atoms with Crippen LogP contribution in [-0.4, -0.2) is 21.2 Å². The minimum absolute atomic E-state index is 0.243. The predicted octanol–water partition coefficient (Wildman–Crippen LogP) is 2.49. The molecule has 0 aliphatic heterocycles. The van der Waals surface area contributed by atoms with Crippen molar-refractivity contribution in [3.63, 3.8) is 0 Å². The van der Waals surface area contributed by atoms with Gasteiger partial charge in [0.2, 0.25) is 5.82 Å². The van der Waals surface area contributed by atoms with E-state index in [0.29, 0.717) is 17.1 Å². The van der Waals surface area contributed by atoms with Gasteiger partial charge in [-0.2, -0.15) is 0 Å². The summed E-state index contributed by atoms with van der Waals surface area (Å²) in [5.74, 6) is 0.0905. The number of benzene rings is 1. The molecule has 0 aliphatic rings. The van der Waals surface area contributed by atoms with Crippen molar-refractivity contribution in [2.45, 2.75) is 13.8 Å². The van der Waals surface area contributed by atoms with Crippen molar-refractivity contribution >= 4 is 22.5 Å². The standard InChI is InChI=1S/C14H12N4O2/c1-8-11(4-3-10-5-6-15-7-12(8)10)14(19)16-13-9(2)17-20-18-13/h3-7H,1-2H3,(H,16,18,19). The molecule has 1 N–H and O–H groups in total. The van der Waals surface area contributed by atoms with Crippen LogP contribution in [0.15, 0.2) is 35.2 Å². The zero-order chi connectivity index (χ0) is 14.1. The van der Waals surface area contributed by atoms with Crippen LogP contribution in [0.1, 0.15) is 21.6 Å². The van der Waals surface area contributed by atoms with Crippen LogP contribution >= 0.6 is 0 Å². The van der Waals surface area contributed by atoms with Gasteiger partial charge in [0.1, 0.15) is 5.69 Å². The first-order valence-corrected chi connectivity index (χ1v) is 6.10. The molecule has 0 saturated heterocycles. The first-order chi connectivity index (χ1) is 9.66. The molecule has 3 rings (SSSR count). The quantitative estimate of drug-likeness (QED) is 0.772. The highest BCUT2D eigenvalue weighted by molar-refractivity contribution is 6.07. The fourth-order valence-corrected chi connectivity index (χ4v) is 2.07. The number of pyridine rings is 1. The summed E-state index contributed by atoms with van der Waals surface area (Å²) in [4.78, 5) is 16.4. The van der Waals surface area contributed by atoms with Gasteiger partial charge in [-0.05, 0) is 42.1 Å². The molecular formula is C14H12N4O2. The van der Waals surface area contributed by atoms with E-state index in [1.807, 2.05) is 19.1 Å². The molecule has 0 fully saturated rings. The van der Waals surface area contributed by atoms with E-state index in [2.05, 4.69) is 25.2 Å². The van der Waals surface area contributed by atoms with Crippen LogP contribution in [0.3, 0.4) is 0 Å². The summed E-state index contributed by atoms with van der Waals surface area (Å²) in [7, 11) is 0. The third kappa shape index (κ3) is 2.01. The number of carbonyl (C=O) groups excluding carboxylic acids is 1. The molecule has 2 heterocycles. The molecule has 0 bridgehead atoms. The second-order valence-corrected chi connectivity index (χ2v) is 4.49. The zero-order valence-corrected chi connectivity index (χ0v) is 11.0. The number of hydrogen-bond acceptors (Lipinski definition) is 5. The number of hydrogen-bond donors (Lipinski definition) is 1. The molecule has 100 valence electrons. The van der Waals surface area contributed by atoms with Crippen LogP contribution in [-0.2, 0) is 0 Å². The number of nitrogens with one attached hydrogen (secondary N) is 1. The number of nitrogens with zero attached hydrogens (tertiary/aromatic N) is 3. The Morgan fingerprint density at radius 3 is 2.80 bits per heavy atom. The van der Waals surface area contributed by atoms with Gasteiger partial charge in [0.15, 0.2) is 0 Å². The summed E-state index contributed by atoms with van der Waals surface area (Å²) in [5.41, 5.74) is 1.99. The van der Waals surface area contributed by atoms with Crippen molar-refractivity contribution in [1.29, 1.82) is 0 Å². The highest BCUT2D eigenvalue weighted by Gasteiger charge is 2.14. The van der Waals surface area contributed by atoms with E-state index < -0.39 is 0 Å². The normalized spacial score (nSPS) is 10.7. The number of aryl methyl sites for hydroxylation is 2. The van der Waals surface area contributed by atoms with E-state index in [-0.39, 0.29) is 5.91 Å². The van der Waals surface area contributed by atoms with Gasteiger partial charge in [0.25, 0.3) is 5.91 Å². The molecule has 0 atom stereocenters. The largest absolute Gasteiger partial charge is 0.302 e. The summed E-state index contributed by atoms with van der Waals surface area (Å²) < 4.78 is 4.56. The van der Waals surface area contributed by atoms with Crippen molar-refractivity contribution in [3.05, 3.63) is 47.4 Å². The number of rotatable bonds is 2. The number of anilines is 1. The van der Waals surface area contributed by atoms with Crippen LogP contribution in [0.25, 0.3) is 10.8 Å². The Balaban J connectivity index is 2.00. The molecule has 1 aromatic carbocycles. The number of aromatic nitrogens is 3. The lowest BCUT2D eigenvalue weighted by atomic mass is 10.0. The zero-order valence-electron chi connectivity index (χ0n) is 11.0. The van der Waals surface area contributed by atoms with Crippen molar-refractivity contribution in [2.75, 3.05) is 5.32 Å². The van der Waals surface area contributed by atoms with E-state index in [1.54, 1.807) is 25.4 Å². The van der Waals surface area contributed by atoms with E-state index in [4.69, 9.17) is 0 Å². The fraction of sp³-hybridized carbons (Fsp3) is 0.143. The third-order valence-electron chi connectivity index (χ3n) is 3.22. The Hall–Kier alpha value is -2.76. The first-order valence-electron chi connectivity index (χ1n) is 6.10. The smallest absolute Gasteiger partial charge is 0.257 e. The molecule has 0 aliphatic carbocycles. The summed E-state index contributed by atoms with van der Waals surface area (Å²) in [6, 6.07) is 5.60. The van der Waals surface area contributed by atoms with Gasteiger partial charge >= 0.3 is 0 Å². The Morgan fingerprint density at radius 1 is 1.20 bits per heavy atom. The molecule has 1 amide bonds. The molecule has 3 aromatic rings. The molecule has 0 spiro atoms. The Kier molecular flexibility index (Phi) is 2.90. The van der Waals surface area contributed by atoms with Crippen LogP contribution in [0.2, 0.25) is 0 Å². The maximum absolute atomic E-state index is 12.3. The maximum atomic E-state index is 12.3. The average Bonchev–Trinajstić information content (AvgIpc) is 2.85. The summed E-state index contributed by atoms with van der Waals surface area (Å²) in [6.45, 7) is 3.61. The van der Waals surface area contributed by atoms with Crippen LogP contribution < -0.4 is 5.32 Å². The topological polar surface area (TPSA) is 80.9 Å². The van der Waals surface area contributed by atoms with Gasteiger partial charge in [0.05, 0.1) is 0 Å². The van der Waals surface area contributed by atoms with Crippen LogP contribution in [0.5, 0.6) is 0 Å². The average molecular weight is 268 g/mol. The fourth-order valence-electron chi connectivity index (χ4n) is 2.07. The second kappa shape index (κ2) is 4.73. The summed E-state index contributed by atoms with van der Waals surface area (Å²) in [5, 5.41) is 12.0. The number of fused-ring (bicyclic) bond motifs is 1. The summed E-state index contributed by atoms with van der Waals surface area (Å²) >= 11 is 0. The first kappa shape index (κ1) is 12.3. The van der Waals surface area contributed by atoms with E-state index >= 15 is 0 Å². The summed E-state index contributed by atoms with van der Waals surface area (Å²) in [6.07, 6.45) is 3.48. The predicted molar refractivity (Wildman–Crippen MR) is 73.5 cm³/mol. The molecule has 6 nitrogen and oxygen atoms in total. The molecule has 0 saturated carbocycles. The SMILES string of the molecule is Cc1nonc1NC(=O)c1ccc2ccncc2c1C. The van der Waals surface area contributed by atoms with Gasteiger partial charge in [-0.1, -0.05) is 11.2 Å². The maximum Gasteiger partial charge on any atom is 0.257 e. The molecule has 20 heavy (non-hydrogen) atoms. The lowest BCUT2D eigenvalue weighted by Gasteiger charge is -2.08. The van der Waals surface area contributed by atoms with Crippen molar-refractivity contribution in [2.24, 2.45) is 0 Å². The van der Waals surface area contributed by atoms with Crippen LogP contribution in [0, 0.1) is 13.8 Å². The highest BCUT2D eigenvalue weighted by atomic mass is 16.6. The van der Waals surface area contributed by atoms with Gasteiger partial charge in [0, 0.05) is 23.3 Å². The minimum Gasteiger partial charge on any atom is -0.302 e. The van der Waals surface area contributed by atoms with Gasteiger partial charge in [-0.15, -0.1) is 0 Å². The monoisotopic (exact) mass is 268 g/mol. The van der Waals surface area contributed by atoms with E-state index in [0.717, 1.165) is 16.3 Å². The molecular weight excluding hydrogens is 256 g/mol. The molecule has 2 aromatic heterocycles. The van der Waals surface area contributed by atoms with E-state index in [1.165, 1.54) is 0 Å². The van der Waals surface area contributed by atoms with E-state index in [9.17, 15) is 4.79 Å². The van der Waals surface area contributed by atoms with Crippen LogP contribution in [0.4, 0.5) is 5.82 Å². The molecule has 0 radical (unpaired) electrons. The lowest BCUT2D eigenvalue weighted by molar-refractivity contribution is 0.102. The third-order valence-corrected chi connectivity index (χ3v) is 3.22. The Labute approximate surface area is 114 Å².